The van der Waals surface area contributed by atoms with Crippen molar-refractivity contribution in [1.82, 2.24) is 20.4 Å². The Labute approximate surface area is 171 Å². The Kier molecular flexibility index (Phi) is 7.01. The first kappa shape index (κ1) is 22.1. The number of hydrogen-bond donors (Lipinski definition) is 4. The second-order valence-electron chi connectivity index (χ2n) is 8.12. The summed E-state index contributed by atoms with van der Waals surface area (Å²) in [5.74, 6) is 0.324. The van der Waals surface area contributed by atoms with Crippen molar-refractivity contribution in [2.45, 2.75) is 50.7 Å². The highest BCUT2D eigenvalue weighted by Gasteiger charge is 2.44. The molecule has 2 heterocycles. The number of nitrogens with zero attached hydrogens (tertiary/aromatic N) is 2. The molecule has 4 N–H and O–H groups in total. The quantitative estimate of drug-likeness (QED) is 0.532. The van der Waals surface area contributed by atoms with Crippen LogP contribution in [0.25, 0.3) is 0 Å². The van der Waals surface area contributed by atoms with Crippen LogP contribution in [0.5, 0.6) is 0 Å². The molecule has 3 aliphatic rings. The zero-order valence-corrected chi connectivity index (χ0v) is 16.3. The van der Waals surface area contributed by atoms with Crippen LogP contribution in [-0.2, 0) is 9.59 Å². The molecule has 5 atom stereocenters. The number of fused-ring (bicyclic) bond motifs is 1. The fourth-order valence-corrected chi connectivity index (χ4v) is 4.85. The molecule has 2 saturated carbocycles. The van der Waals surface area contributed by atoms with Crippen LogP contribution < -0.4 is 5.32 Å². The number of amides is 2. The molecule has 0 aromatic carbocycles. The first-order valence-electron chi connectivity index (χ1n) is 10.0. The fourth-order valence-electron chi connectivity index (χ4n) is 4.85. The number of aromatic amines is 1. The number of carboxylic acid groups (broad SMARTS) is 1. The number of aliphatic hydroxyl groups is 1. The van der Waals surface area contributed by atoms with E-state index in [4.69, 9.17) is 9.90 Å². The molecule has 1 aromatic rings. The van der Waals surface area contributed by atoms with Gasteiger partial charge in [-0.25, -0.2) is 8.78 Å². The lowest BCUT2D eigenvalue weighted by atomic mass is 10.0. The van der Waals surface area contributed by atoms with E-state index < -0.39 is 30.2 Å². The normalized spacial score (nSPS) is 30.0. The molecular formula is C19H26F2N4O5. The van der Waals surface area contributed by atoms with Crippen molar-refractivity contribution in [2.24, 2.45) is 17.8 Å². The van der Waals surface area contributed by atoms with E-state index in [1.807, 2.05) is 4.90 Å². The Morgan fingerprint density at radius 3 is 2.47 bits per heavy atom. The molecule has 1 aliphatic heterocycles. The van der Waals surface area contributed by atoms with Gasteiger partial charge in [0.2, 0.25) is 5.91 Å². The van der Waals surface area contributed by atoms with Crippen LogP contribution in [0, 0.1) is 17.8 Å². The van der Waals surface area contributed by atoms with Crippen molar-refractivity contribution in [3.05, 3.63) is 17.5 Å². The van der Waals surface area contributed by atoms with Crippen molar-refractivity contribution < 1.29 is 33.4 Å². The summed E-state index contributed by atoms with van der Waals surface area (Å²) in [7, 11) is 0. The third-order valence-electron chi connectivity index (χ3n) is 6.30. The van der Waals surface area contributed by atoms with Crippen molar-refractivity contribution >= 4 is 18.3 Å². The summed E-state index contributed by atoms with van der Waals surface area (Å²) < 4.78 is 25.2. The molecule has 2 aliphatic carbocycles. The van der Waals surface area contributed by atoms with Gasteiger partial charge in [0, 0.05) is 19.0 Å². The number of carbonyl (C=O) groups is 3. The van der Waals surface area contributed by atoms with Crippen molar-refractivity contribution in [1.29, 1.82) is 0 Å². The predicted molar refractivity (Wildman–Crippen MR) is 99.6 cm³/mol. The molecule has 4 rings (SSSR count). The van der Waals surface area contributed by atoms with Crippen molar-refractivity contribution in [3.63, 3.8) is 0 Å². The minimum atomic E-state index is -2.74. The van der Waals surface area contributed by atoms with Gasteiger partial charge in [-0.05, 0) is 43.6 Å². The van der Waals surface area contributed by atoms with Crippen LogP contribution in [0.1, 0.15) is 54.7 Å². The molecule has 0 bridgehead atoms. The first-order chi connectivity index (χ1) is 14.3. The number of halogens is 2. The summed E-state index contributed by atoms with van der Waals surface area (Å²) in [6.07, 6.45) is 0.697. The van der Waals surface area contributed by atoms with E-state index in [0.29, 0.717) is 24.7 Å². The summed E-state index contributed by atoms with van der Waals surface area (Å²) in [6.45, 7) is 1.35. The van der Waals surface area contributed by atoms with Gasteiger partial charge in [-0.1, -0.05) is 6.42 Å². The SMILES string of the molecule is O=C(N[C@@H]1C[C@H](C(=O)N2C[C@H]3CCC[C@H]3C2)C[C@H]1O)c1cc(C(F)F)[nH]n1.O=CO. The van der Waals surface area contributed by atoms with Gasteiger partial charge >= 0.3 is 0 Å². The summed E-state index contributed by atoms with van der Waals surface area (Å²) >= 11 is 0. The highest BCUT2D eigenvalue weighted by molar-refractivity contribution is 5.92. The first-order valence-corrected chi connectivity index (χ1v) is 10.0. The molecule has 1 saturated heterocycles. The van der Waals surface area contributed by atoms with E-state index in [9.17, 15) is 23.5 Å². The van der Waals surface area contributed by atoms with E-state index in [1.54, 1.807) is 0 Å². The van der Waals surface area contributed by atoms with Crippen LogP contribution in [-0.4, -0.2) is 68.8 Å². The molecule has 166 valence electrons. The molecule has 1 aromatic heterocycles. The zero-order valence-electron chi connectivity index (χ0n) is 16.3. The number of rotatable bonds is 4. The number of alkyl halides is 2. The van der Waals surface area contributed by atoms with Gasteiger partial charge in [0.25, 0.3) is 18.8 Å². The van der Waals surface area contributed by atoms with Crippen molar-refractivity contribution in [2.75, 3.05) is 13.1 Å². The number of aromatic nitrogens is 2. The molecule has 0 unspecified atom stereocenters. The maximum Gasteiger partial charge on any atom is 0.290 e. The van der Waals surface area contributed by atoms with E-state index in [2.05, 4.69) is 15.5 Å². The molecule has 3 fully saturated rings. The van der Waals surface area contributed by atoms with Crippen LogP contribution in [0.4, 0.5) is 8.78 Å². The smallest absolute Gasteiger partial charge is 0.290 e. The lowest BCUT2D eigenvalue weighted by molar-refractivity contribution is -0.134. The largest absolute Gasteiger partial charge is 0.483 e. The van der Waals surface area contributed by atoms with E-state index in [-0.39, 0.29) is 24.0 Å². The lowest BCUT2D eigenvalue weighted by Gasteiger charge is -2.21. The Bertz CT molecular complexity index is 762. The van der Waals surface area contributed by atoms with Gasteiger partial charge in [0.15, 0.2) is 0 Å². The highest BCUT2D eigenvalue weighted by atomic mass is 19.3. The second kappa shape index (κ2) is 9.50. The Balaban J connectivity index is 0.000000806. The summed E-state index contributed by atoms with van der Waals surface area (Å²) in [5, 5.41) is 25.5. The van der Waals surface area contributed by atoms with Crippen LogP contribution >= 0.6 is 0 Å². The van der Waals surface area contributed by atoms with Crippen LogP contribution in [0.3, 0.4) is 0 Å². The molecule has 0 radical (unpaired) electrons. The number of aliphatic hydroxyl groups excluding tert-OH is 1. The Morgan fingerprint density at radius 2 is 1.90 bits per heavy atom. The van der Waals surface area contributed by atoms with Gasteiger partial charge in [0.1, 0.15) is 11.4 Å². The predicted octanol–water partition coefficient (Wildman–Crippen LogP) is 1.18. The average Bonchev–Trinajstić information content (AvgIpc) is 3.45. The topological polar surface area (TPSA) is 136 Å². The number of nitrogens with one attached hydrogen (secondary N) is 2. The summed E-state index contributed by atoms with van der Waals surface area (Å²) in [4.78, 5) is 35.3. The molecule has 9 nitrogen and oxygen atoms in total. The minimum Gasteiger partial charge on any atom is -0.483 e. The van der Waals surface area contributed by atoms with E-state index in [1.165, 1.54) is 19.3 Å². The highest BCUT2D eigenvalue weighted by Crippen LogP contribution is 2.39. The number of carbonyl (C=O) groups excluding carboxylic acids is 2. The maximum absolute atomic E-state index is 12.8. The van der Waals surface area contributed by atoms with Gasteiger partial charge in [0.05, 0.1) is 12.1 Å². The van der Waals surface area contributed by atoms with Gasteiger partial charge in [-0.3, -0.25) is 19.5 Å². The second-order valence-corrected chi connectivity index (χ2v) is 8.12. The Morgan fingerprint density at radius 1 is 1.27 bits per heavy atom. The van der Waals surface area contributed by atoms with E-state index >= 15 is 0 Å². The third kappa shape index (κ3) is 4.77. The summed E-state index contributed by atoms with van der Waals surface area (Å²) in [5.41, 5.74) is -0.584. The van der Waals surface area contributed by atoms with Gasteiger partial charge in [-0.2, -0.15) is 5.10 Å². The Hall–Kier alpha value is -2.56. The standard InChI is InChI=1S/C18H24F2N4O3.CH2O2/c19-16(20)13-6-14(23-22-13)17(26)21-12-4-11(5-15(12)25)18(27)24-7-9-2-1-3-10(9)8-24;2-1-3/h6,9-12,15-16,25H,1-5,7-8H2,(H,21,26)(H,22,23);1H,(H,2,3)/t9-,10+,11-,12+,15+;/m0./s1. The zero-order chi connectivity index (χ0) is 21.8. The third-order valence-corrected chi connectivity index (χ3v) is 6.30. The van der Waals surface area contributed by atoms with Crippen molar-refractivity contribution in [3.8, 4) is 0 Å². The number of hydrogen-bond acceptors (Lipinski definition) is 5. The van der Waals surface area contributed by atoms with Crippen LogP contribution in [0.15, 0.2) is 6.07 Å². The maximum atomic E-state index is 12.8. The molecule has 11 heteroatoms. The van der Waals surface area contributed by atoms with Crippen LogP contribution in [0.2, 0.25) is 0 Å². The average molecular weight is 428 g/mol. The minimum absolute atomic E-state index is 0.0555. The summed E-state index contributed by atoms with van der Waals surface area (Å²) in [6, 6.07) is 0.410. The number of H-pyrrole nitrogens is 1. The van der Waals surface area contributed by atoms with Gasteiger partial charge < -0.3 is 20.4 Å². The lowest BCUT2D eigenvalue weighted by Crippen LogP contribution is -2.40. The fraction of sp³-hybridized carbons (Fsp3) is 0.684. The molecule has 30 heavy (non-hydrogen) atoms. The monoisotopic (exact) mass is 428 g/mol. The van der Waals surface area contributed by atoms with E-state index in [0.717, 1.165) is 19.2 Å². The number of likely N-dealkylation sites (tertiary alicyclic amines) is 1. The molecule has 0 spiro atoms. The van der Waals surface area contributed by atoms with Gasteiger partial charge in [-0.15, -0.1) is 0 Å². The molecule has 2 amide bonds. The molecular weight excluding hydrogens is 402 g/mol.